The van der Waals surface area contributed by atoms with E-state index in [2.05, 4.69) is 4.90 Å². The molecule has 0 radical (unpaired) electrons. The van der Waals surface area contributed by atoms with Gasteiger partial charge in [-0.05, 0) is 38.8 Å². The van der Waals surface area contributed by atoms with Gasteiger partial charge in [-0.3, -0.25) is 0 Å². The fourth-order valence-electron chi connectivity index (χ4n) is 2.57. The Morgan fingerprint density at radius 3 is 2.00 bits per heavy atom. The van der Waals surface area contributed by atoms with Crippen molar-refractivity contribution in [2.24, 2.45) is 5.14 Å². The van der Waals surface area contributed by atoms with Crippen LogP contribution in [0.4, 0.5) is 0 Å². The molecule has 0 atom stereocenters. The van der Waals surface area contributed by atoms with E-state index in [0.717, 1.165) is 12.8 Å². The van der Waals surface area contributed by atoms with Crippen molar-refractivity contribution in [2.75, 3.05) is 26.2 Å². The standard InChI is InChI=1S/C9H19N3O2S/c10-15(13,14)12-7-3-9(4-8-12)11-5-1-2-6-11/h9H,1-8H2,(H2,10,13,14). The lowest BCUT2D eigenvalue weighted by Crippen LogP contribution is -2.47. The number of likely N-dealkylation sites (tertiary alicyclic amines) is 1. The number of nitrogens with two attached hydrogens (primary N) is 1. The van der Waals surface area contributed by atoms with Gasteiger partial charge in [0.2, 0.25) is 0 Å². The summed E-state index contributed by atoms with van der Waals surface area (Å²) in [4.78, 5) is 2.49. The Morgan fingerprint density at radius 2 is 1.53 bits per heavy atom. The van der Waals surface area contributed by atoms with Gasteiger partial charge in [-0.2, -0.15) is 12.7 Å². The molecule has 0 aliphatic carbocycles. The first-order chi connectivity index (χ1) is 7.07. The summed E-state index contributed by atoms with van der Waals surface area (Å²) >= 11 is 0. The third kappa shape index (κ3) is 2.69. The summed E-state index contributed by atoms with van der Waals surface area (Å²) < 4.78 is 23.6. The highest BCUT2D eigenvalue weighted by molar-refractivity contribution is 7.86. The fraction of sp³-hybridized carbons (Fsp3) is 1.00. The molecule has 0 spiro atoms. The predicted molar refractivity (Wildman–Crippen MR) is 58.5 cm³/mol. The molecule has 2 heterocycles. The maximum absolute atomic E-state index is 11.1. The van der Waals surface area contributed by atoms with Crippen molar-refractivity contribution in [3.05, 3.63) is 0 Å². The first-order valence-corrected chi connectivity index (χ1v) is 7.09. The Labute approximate surface area is 91.4 Å². The molecule has 2 aliphatic rings. The summed E-state index contributed by atoms with van der Waals surface area (Å²) in [5, 5.41) is 5.09. The Balaban J connectivity index is 1.86. The molecule has 0 unspecified atom stereocenters. The van der Waals surface area contributed by atoms with E-state index in [-0.39, 0.29) is 0 Å². The van der Waals surface area contributed by atoms with Crippen molar-refractivity contribution in [2.45, 2.75) is 31.7 Å². The summed E-state index contributed by atoms with van der Waals surface area (Å²) in [5.41, 5.74) is 0. The first kappa shape index (κ1) is 11.3. The minimum Gasteiger partial charge on any atom is -0.300 e. The molecule has 5 nitrogen and oxygen atoms in total. The normalized spacial score (nSPS) is 27.3. The van der Waals surface area contributed by atoms with Crippen LogP contribution in [0.5, 0.6) is 0 Å². The molecule has 0 bridgehead atoms. The zero-order chi connectivity index (χ0) is 10.9. The Hall–Kier alpha value is -0.170. The quantitative estimate of drug-likeness (QED) is 0.715. The van der Waals surface area contributed by atoms with E-state index in [1.807, 2.05) is 0 Å². The molecule has 0 aromatic heterocycles. The van der Waals surface area contributed by atoms with Gasteiger partial charge in [0.05, 0.1) is 0 Å². The molecular weight excluding hydrogens is 214 g/mol. The van der Waals surface area contributed by atoms with Gasteiger partial charge in [0.15, 0.2) is 0 Å². The highest BCUT2D eigenvalue weighted by Gasteiger charge is 2.29. The molecule has 0 saturated carbocycles. The van der Waals surface area contributed by atoms with Crippen LogP contribution in [-0.2, 0) is 10.2 Å². The minimum atomic E-state index is -3.46. The highest BCUT2D eigenvalue weighted by atomic mass is 32.2. The summed E-state index contributed by atoms with van der Waals surface area (Å²) in [6.07, 6.45) is 4.43. The second-order valence-corrected chi connectivity index (χ2v) is 5.96. The molecule has 2 N–H and O–H groups in total. The van der Waals surface area contributed by atoms with E-state index >= 15 is 0 Å². The van der Waals surface area contributed by atoms with Gasteiger partial charge in [0.1, 0.15) is 0 Å². The summed E-state index contributed by atoms with van der Waals surface area (Å²) in [6, 6.07) is 0.575. The van der Waals surface area contributed by atoms with Gasteiger partial charge in [-0.15, -0.1) is 0 Å². The van der Waals surface area contributed by atoms with Gasteiger partial charge in [0.25, 0.3) is 10.2 Å². The molecule has 88 valence electrons. The second-order valence-electron chi connectivity index (χ2n) is 4.42. The van der Waals surface area contributed by atoms with Gasteiger partial charge >= 0.3 is 0 Å². The van der Waals surface area contributed by atoms with Crippen LogP contribution in [0.3, 0.4) is 0 Å². The van der Waals surface area contributed by atoms with Crippen LogP contribution in [0.25, 0.3) is 0 Å². The van der Waals surface area contributed by atoms with E-state index in [9.17, 15) is 8.42 Å². The minimum absolute atomic E-state index is 0.575. The predicted octanol–water partition coefficient (Wildman–Crippen LogP) is -0.250. The topological polar surface area (TPSA) is 66.6 Å². The van der Waals surface area contributed by atoms with E-state index in [0.29, 0.717) is 19.1 Å². The van der Waals surface area contributed by atoms with Crippen LogP contribution < -0.4 is 5.14 Å². The summed E-state index contributed by atoms with van der Waals surface area (Å²) in [5.74, 6) is 0. The Bertz CT molecular complexity index is 303. The molecule has 15 heavy (non-hydrogen) atoms. The van der Waals surface area contributed by atoms with Crippen molar-refractivity contribution < 1.29 is 8.42 Å². The number of rotatable bonds is 2. The molecule has 0 amide bonds. The zero-order valence-corrected chi connectivity index (χ0v) is 9.75. The van der Waals surface area contributed by atoms with Crippen LogP contribution in [0.2, 0.25) is 0 Å². The highest BCUT2D eigenvalue weighted by Crippen LogP contribution is 2.21. The molecule has 2 rings (SSSR count). The molecular formula is C9H19N3O2S. The summed E-state index contributed by atoms with van der Waals surface area (Å²) in [6.45, 7) is 3.53. The molecule has 2 saturated heterocycles. The molecule has 2 fully saturated rings. The average Bonchev–Trinajstić information content (AvgIpc) is 2.69. The molecule has 6 heteroatoms. The third-order valence-electron chi connectivity index (χ3n) is 3.44. The second kappa shape index (κ2) is 4.37. The SMILES string of the molecule is NS(=O)(=O)N1CCC(N2CCCC2)CC1. The monoisotopic (exact) mass is 233 g/mol. The van der Waals surface area contributed by atoms with Crippen LogP contribution >= 0.6 is 0 Å². The maximum Gasteiger partial charge on any atom is 0.276 e. The number of piperidine rings is 1. The first-order valence-electron chi connectivity index (χ1n) is 5.59. The van der Waals surface area contributed by atoms with Gasteiger partial charge in [-0.25, -0.2) is 5.14 Å². The number of nitrogens with zero attached hydrogens (tertiary/aromatic N) is 2. The number of hydrogen-bond donors (Lipinski definition) is 1. The van der Waals surface area contributed by atoms with E-state index in [1.54, 1.807) is 0 Å². The number of hydrogen-bond acceptors (Lipinski definition) is 3. The lowest BCUT2D eigenvalue weighted by molar-refractivity contribution is 0.168. The lowest BCUT2D eigenvalue weighted by atomic mass is 10.1. The van der Waals surface area contributed by atoms with E-state index < -0.39 is 10.2 Å². The van der Waals surface area contributed by atoms with E-state index in [4.69, 9.17) is 5.14 Å². The van der Waals surface area contributed by atoms with Crippen molar-refractivity contribution in [3.63, 3.8) is 0 Å². The fourth-order valence-corrected chi connectivity index (χ4v) is 3.29. The molecule has 0 aromatic carbocycles. The van der Waals surface area contributed by atoms with Crippen molar-refractivity contribution in [1.82, 2.24) is 9.21 Å². The average molecular weight is 233 g/mol. The molecule has 0 aromatic rings. The van der Waals surface area contributed by atoms with Crippen LogP contribution in [0.1, 0.15) is 25.7 Å². The third-order valence-corrected chi connectivity index (χ3v) is 4.53. The van der Waals surface area contributed by atoms with Crippen LogP contribution in [0, 0.1) is 0 Å². The van der Waals surface area contributed by atoms with E-state index in [1.165, 1.54) is 30.2 Å². The van der Waals surface area contributed by atoms with Gasteiger partial charge in [0, 0.05) is 19.1 Å². The maximum atomic E-state index is 11.1. The van der Waals surface area contributed by atoms with Gasteiger partial charge in [-0.1, -0.05) is 0 Å². The summed E-state index contributed by atoms with van der Waals surface area (Å²) in [7, 11) is -3.46. The van der Waals surface area contributed by atoms with Crippen LogP contribution in [-0.4, -0.2) is 49.8 Å². The smallest absolute Gasteiger partial charge is 0.276 e. The van der Waals surface area contributed by atoms with Crippen molar-refractivity contribution >= 4 is 10.2 Å². The van der Waals surface area contributed by atoms with Crippen molar-refractivity contribution in [3.8, 4) is 0 Å². The largest absolute Gasteiger partial charge is 0.300 e. The zero-order valence-electron chi connectivity index (χ0n) is 8.93. The van der Waals surface area contributed by atoms with Gasteiger partial charge < -0.3 is 4.90 Å². The Kier molecular flexibility index (Phi) is 3.30. The molecule has 2 aliphatic heterocycles. The lowest BCUT2D eigenvalue weighted by Gasteiger charge is -2.35. The van der Waals surface area contributed by atoms with Crippen LogP contribution in [0.15, 0.2) is 0 Å². The Morgan fingerprint density at radius 1 is 1.00 bits per heavy atom. The van der Waals surface area contributed by atoms with Crippen molar-refractivity contribution in [1.29, 1.82) is 0 Å².